The minimum Gasteiger partial charge on any atom is -0.480 e. The van der Waals surface area contributed by atoms with Crippen LogP contribution in [0.3, 0.4) is 0 Å². The summed E-state index contributed by atoms with van der Waals surface area (Å²) in [5, 5.41) is 21.8. The van der Waals surface area contributed by atoms with Gasteiger partial charge in [-0.2, -0.15) is 0 Å². The lowest BCUT2D eigenvalue weighted by Crippen LogP contribution is -2.50. The van der Waals surface area contributed by atoms with E-state index in [0.29, 0.717) is 0 Å². The first-order valence-electron chi connectivity index (χ1n) is 13.6. The molecule has 1 fully saturated rings. The largest absolute Gasteiger partial charge is 0.480 e. The molecule has 13 heteroatoms. The molecule has 0 radical (unpaired) electrons. The minimum absolute atomic E-state index is 0.00497. The zero-order chi connectivity index (χ0) is 30.9. The highest BCUT2D eigenvalue weighted by Crippen LogP contribution is 2.30. The van der Waals surface area contributed by atoms with Crippen LogP contribution in [0.5, 0.6) is 0 Å². The van der Waals surface area contributed by atoms with E-state index in [1.54, 1.807) is 16.8 Å². The highest BCUT2D eigenvalue weighted by atomic mass is 32.1. The summed E-state index contributed by atoms with van der Waals surface area (Å²) in [5.74, 6) is -3.36. The van der Waals surface area contributed by atoms with Gasteiger partial charge in [-0.15, -0.1) is 11.3 Å². The Labute approximate surface area is 248 Å². The fourth-order valence-electron chi connectivity index (χ4n) is 4.43. The molecule has 1 aliphatic rings. The van der Waals surface area contributed by atoms with Crippen molar-refractivity contribution in [3.63, 3.8) is 0 Å². The molecule has 1 aromatic carbocycles. The van der Waals surface area contributed by atoms with Gasteiger partial charge >= 0.3 is 5.97 Å². The summed E-state index contributed by atoms with van der Waals surface area (Å²) in [6.45, 7) is 6.86. The molecule has 2 aromatic rings. The third kappa shape index (κ3) is 9.51. The second kappa shape index (κ2) is 15.1. The number of carbonyl (C=O) groups excluding carboxylic acids is 3. The highest BCUT2D eigenvalue weighted by Gasteiger charge is 2.43. The molecule has 228 valence electrons. The number of nitrogens with zero attached hydrogens (tertiary/aromatic N) is 3. The molecule has 0 saturated carbocycles. The Morgan fingerprint density at radius 1 is 1.17 bits per heavy atom. The van der Waals surface area contributed by atoms with Gasteiger partial charge in [0.2, 0.25) is 11.8 Å². The van der Waals surface area contributed by atoms with Gasteiger partial charge in [0.15, 0.2) is 0 Å². The average Bonchev–Trinajstić information content (AvgIpc) is 3.54. The summed E-state index contributed by atoms with van der Waals surface area (Å²) in [5.41, 5.74) is 4.06. The number of thiazole rings is 1. The van der Waals surface area contributed by atoms with Crippen LogP contribution in [0.4, 0.5) is 0 Å². The van der Waals surface area contributed by atoms with Crippen molar-refractivity contribution in [2.24, 2.45) is 16.3 Å². The van der Waals surface area contributed by atoms with Gasteiger partial charge in [-0.3, -0.25) is 14.4 Å². The van der Waals surface area contributed by atoms with E-state index in [9.17, 15) is 24.3 Å². The number of nitrogens with one attached hydrogen (secondary N) is 1. The second-order valence-electron chi connectivity index (χ2n) is 11.1. The van der Waals surface area contributed by atoms with Crippen LogP contribution in [0.15, 0.2) is 34.8 Å². The molecule has 2 heterocycles. The van der Waals surface area contributed by atoms with E-state index in [4.69, 9.17) is 14.6 Å². The molecule has 3 amide bonds. The van der Waals surface area contributed by atoms with Crippen molar-refractivity contribution < 1.29 is 38.9 Å². The third-order valence-electron chi connectivity index (χ3n) is 6.68. The summed E-state index contributed by atoms with van der Waals surface area (Å²) < 4.78 is 9.98. The van der Waals surface area contributed by atoms with Crippen LogP contribution in [-0.2, 0) is 35.2 Å². The fourth-order valence-corrected chi connectivity index (χ4v) is 5.25. The lowest BCUT2D eigenvalue weighted by atomic mass is 9.80. The minimum atomic E-state index is -1.10. The van der Waals surface area contributed by atoms with Crippen LogP contribution in [-0.4, -0.2) is 95.1 Å². The van der Waals surface area contributed by atoms with E-state index in [-0.39, 0.29) is 45.2 Å². The van der Waals surface area contributed by atoms with Gasteiger partial charge in [-0.05, 0) is 23.5 Å². The first kappa shape index (κ1) is 33.0. The van der Waals surface area contributed by atoms with Crippen molar-refractivity contribution in [3.05, 3.63) is 41.0 Å². The number of β-amino-alcohol motifs (C(OH)–C–C–N with tert-alkyl or cyclic N) is 1. The molecule has 1 saturated heterocycles. The zero-order valence-corrected chi connectivity index (χ0v) is 25.1. The number of carbonyl (C=O) groups is 4. The molecular weight excluding hydrogens is 564 g/mol. The number of hydrogen-bond donors (Lipinski definition) is 3. The smallest absolute Gasteiger partial charge is 0.329 e. The number of rotatable bonds is 13. The maximum absolute atomic E-state index is 13.6. The van der Waals surface area contributed by atoms with E-state index in [2.05, 4.69) is 15.3 Å². The Morgan fingerprint density at radius 3 is 2.43 bits per heavy atom. The first-order chi connectivity index (χ1) is 19.9. The third-order valence-corrected chi connectivity index (χ3v) is 7.66. The zero-order valence-electron chi connectivity index (χ0n) is 24.2. The molecule has 0 spiro atoms. The average molecular weight is 603 g/mol. The van der Waals surface area contributed by atoms with Crippen LogP contribution in [0.25, 0.3) is 10.4 Å². The Morgan fingerprint density at radius 2 is 1.83 bits per heavy atom. The number of aliphatic carboxylic acids is 1. The standard InChI is InChI=1S/C29H38N4O8S/c1-18-26(42-17-32-18)20-7-5-19(6-8-20)12-31-27(38)23-11-21(34)14-33(23)28(39)22(29(2,3)4)13-30-24(35)15-40-9-10-41-16-25(36)37/h5-8,13,17,21-23,34H,9-12,14-16H2,1-4H3,(H,31,38)(H,36,37)/t21-,22?,23+/m1/s1. The second-order valence-corrected chi connectivity index (χ2v) is 11.9. The molecule has 1 aliphatic heterocycles. The molecule has 0 bridgehead atoms. The maximum atomic E-state index is 13.6. The van der Waals surface area contributed by atoms with Gasteiger partial charge in [0.1, 0.15) is 19.3 Å². The number of ether oxygens (including phenoxy) is 2. The molecule has 3 N–H and O–H groups in total. The molecule has 12 nitrogen and oxygen atoms in total. The Hall–Kier alpha value is -3.52. The summed E-state index contributed by atoms with van der Waals surface area (Å²) in [4.78, 5) is 60.1. The monoisotopic (exact) mass is 602 g/mol. The van der Waals surface area contributed by atoms with Crippen molar-refractivity contribution in [1.82, 2.24) is 15.2 Å². The van der Waals surface area contributed by atoms with E-state index in [1.165, 1.54) is 11.1 Å². The van der Waals surface area contributed by atoms with Crippen LogP contribution in [0, 0.1) is 18.3 Å². The van der Waals surface area contributed by atoms with E-state index in [0.717, 1.165) is 21.7 Å². The van der Waals surface area contributed by atoms with Gasteiger partial charge < -0.3 is 29.9 Å². The van der Waals surface area contributed by atoms with Crippen LogP contribution in [0.2, 0.25) is 0 Å². The molecule has 0 aliphatic carbocycles. The number of likely N-dealkylation sites (tertiary alicyclic amines) is 1. The van der Waals surface area contributed by atoms with Crippen molar-refractivity contribution >= 4 is 41.2 Å². The molecule has 1 unspecified atom stereocenters. The van der Waals surface area contributed by atoms with Crippen molar-refractivity contribution in [2.45, 2.75) is 52.8 Å². The number of carboxylic acids is 1. The number of aromatic nitrogens is 1. The number of aryl methyl sites for hydroxylation is 1. The molecule has 3 rings (SSSR count). The van der Waals surface area contributed by atoms with Crippen molar-refractivity contribution in [2.75, 3.05) is 33.0 Å². The Kier molecular flexibility index (Phi) is 11.9. The van der Waals surface area contributed by atoms with Crippen molar-refractivity contribution in [1.29, 1.82) is 0 Å². The lowest BCUT2D eigenvalue weighted by molar-refractivity contribution is -0.143. The number of carboxylic acid groups (broad SMARTS) is 1. The number of benzene rings is 1. The summed E-state index contributed by atoms with van der Waals surface area (Å²) in [6.07, 6.45) is 0.509. The molecule has 3 atom stereocenters. The van der Waals surface area contributed by atoms with Crippen LogP contribution >= 0.6 is 11.3 Å². The molecule has 1 aromatic heterocycles. The lowest BCUT2D eigenvalue weighted by Gasteiger charge is -2.32. The van der Waals surface area contributed by atoms with Crippen molar-refractivity contribution in [3.8, 4) is 10.4 Å². The number of aliphatic imine (C=N–C) groups is 1. The number of hydrogen-bond acceptors (Lipinski definition) is 9. The predicted octanol–water partition coefficient (Wildman–Crippen LogP) is 2.07. The van der Waals surface area contributed by atoms with Crippen LogP contribution < -0.4 is 5.32 Å². The first-order valence-corrected chi connectivity index (χ1v) is 14.4. The van der Waals surface area contributed by atoms with Gasteiger partial charge in [0, 0.05) is 25.7 Å². The van der Waals surface area contributed by atoms with Gasteiger partial charge in [-0.1, -0.05) is 45.0 Å². The molecular formula is C29H38N4O8S. The van der Waals surface area contributed by atoms with Crippen LogP contribution in [0.1, 0.15) is 38.4 Å². The summed E-state index contributed by atoms with van der Waals surface area (Å²) in [6, 6.07) is 6.94. The summed E-state index contributed by atoms with van der Waals surface area (Å²) >= 11 is 1.56. The number of aliphatic hydroxyl groups excluding tert-OH is 1. The normalized spacial score (nSPS) is 17.9. The van der Waals surface area contributed by atoms with Gasteiger partial charge in [0.25, 0.3) is 5.91 Å². The van der Waals surface area contributed by atoms with E-state index >= 15 is 0 Å². The quantitative estimate of drug-likeness (QED) is 0.230. The Balaban J connectivity index is 1.59. The highest BCUT2D eigenvalue weighted by molar-refractivity contribution is 7.13. The number of aliphatic hydroxyl groups is 1. The van der Waals surface area contributed by atoms with Gasteiger partial charge in [-0.25, -0.2) is 14.8 Å². The maximum Gasteiger partial charge on any atom is 0.329 e. The van der Waals surface area contributed by atoms with E-state index < -0.39 is 47.9 Å². The SMILES string of the molecule is Cc1ncsc1-c1ccc(CNC(=O)[C@@H]2C[C@@H](O)CN2C(=O)C(C=NC(=O)COCCOCC(=O)O)C(C)(C)C)cc1. The summed E-state index contributed by atoms with van der Waals surface area (Å²) in [7, 11) is 0. The predicted molar refractivity (Wildman–Crippen MR) is 156 cm³/mol. The van der Waals surface area contributed by atoms with Gasteiger partial charge in [0.05, 0.1) is 41.3 Å². The topological polar surface area (TPSA) is 168 Å². The fraction of sp³-hybridized carbons (Fsp3) is 0.517. The molecule has 42 heavy (non-hydrogen) atoms. The Bertz CT molecular complexity index is 1270. The number of amides is 3. The van der Waals surface area contributed by atoms with E-state index in [1.807, 2.05) is 52.0 Å².